The Labute approximate surface area is 232 Å². The lowest BCUT2D eigenvalue weighted by Crippen LogP contribution is -2.13. The molecule has 1 N–H and O–H groups in total. The number of nitrogens with zero attached hydrogens (tertiary/aromatic N) is 1. The molecule has 202 valence electrons. The Hall–Kier alpha value is -5.29. The Bertz CT molecular complexity index is 1530. The second-order valence-corrected chi connectivity index (χ2v) is 8.59. The average molecular weight is 539 g/mol. The van der Waals surface area contributed by atoms with E-state index in [9.17, 15) is 14.4 Å². The van der Waals surface area contributed by atoms with Crippen molar-refractivity contribution in [1.29, 1.82) is 5.26 Å². The van der Waals surface area contributed by atoms with E-state index < -0.39 is 11.7 Å². The smallest absolute Gasteiger partial charge is 0.266 e. The number of halogens is 1. The van der Waals surface area contributed by atoms with Gasteiger partial charge in [-0.1, -0.05) is 42.5 Å². The first-order valence-corrected chi connectivity index (χ1v) is 12.3. The van der Waals surface area contributed by atoms with Gasteiger partial charge in [0, 0.05) is 5.69 Å². The van der Waals surface area contributed by atoms with Crippen LogP contribution in [0.15, 0.2) is 96.6 Å². The minimum atomic E-state index is -0.612. The molecule has 0 saturated heterocycles. The minimum absolute atomic E-state index is 0.123. The summed E-state index contributed by atoms with van der Waals surface area (Å²) in [4.78, 5) is 12.5. The SMILES string of the molecule is COc1cc(/C=C(\C#N)C(=O)Nc2ccc(F)cc2)ccc1OCc1ccc(OCc2ccccc2)c(OC)c1. The van der Waals surface area contributed by atoms with E-state index in [0.29, 0.717) is 40.9 Å². The summed E-state index contributed by atoms with van der Waals surface area (Å²) in [6, 6.07) is 27.7. The van der Waals surface area contributed by atoms with Gasteiger partial charge in [-0.2, -0.15) is 5.26 Å². The second kappa shape index (κ2) is 13.5. The molecule has 8 heteroatoms. The fraction of sp³-hybridized carbons (Fsp3) is 0.125. The van der Waals surface area contributed by atoms with Crippen LogP contribution in [0.5, 0.6) is 23.0 Å². The molecule has 4 rings (SSSR count). The lowest BCUT2D eigenvalue weighted by molar-refractivity contribution is -0.112. The van der Waals surface area contributed by atoms with E-state index in [-0.39, 0.29) is 12.2 Å². The fourth-order valence-corrected chi connectivity index (χ4v) is 3.76. The number of anilines is 1. The Morgan fingerprint density at radius 3 is 2.08 bits per heavy atom. The maximum atomic E-state index is 13.1. The quantitative estimate of drug-likeness (QED) is 0.172. The monoisotopic (exact) mass is 538 g/mol. The standard InChI is InChI=1S/C32H27FN2O5/c1-37-30-17-23(16-25(19-34)32(36)35-27-12-10-26(33)11-13-27)8-14-28(30)40-21-24-9-15-29(31(18-24)38-2)39-20-22-6-4-3-5-7-22/h3-18H,20-21H2,1-2H3,(H,35,36)/b25-16+. The molecule has 0 heterocycles. The molecular formula is C32H27FN2O5. The number of nitriles is 1. The van der Waals surface area contributed by atoms with Crippen molar-refractivity contribution in [3.63, 3.8) is 0 Å². The molecule has 0 aliphatic carbocycles. The number of rotatable bonds is 11. The van der Waals surface area contributed by atoms with Crippen LogP contribution >= 0.6 is 0 Å². The first-order chi connectivity index (χ1) is 19.5. The summed E-state index contributed by atoms with van der Waals surface area (Å²) >= 11 is 0. The third kappa shape index (κ3) is 7.39. The molecule has 0 radical (unpaired) electrons. The molecule has 4 aromatic rings. The van der Waals surface area contributed by atoms with Gasteiger partial charge in [0.2, 0.25) is 0 Å². The third-order valence-electron chi connectivity index (χ3n) is 5.83. The molecular weight excluding hydrogens is 511 g/mol. The van der Waals surface area contributed by atoms with Crippen LogP contribution in [0.1, 0.15) is 16.7 Å². The van der Waals surface area contributed by atoms with Crippen molar-refractivity contribution in [2.75, 3.05) is 19.5 Å². The Kier molecular flexibility index (Phi) is 9.35. The largest absolute Gasteiger partial charge is 0.493 e. The highest BCUT2D eigenvalue weighted by Crippen LogP contribution is 2.32. The van der Waals surface area contributed by atoms with E-state index in [4.69, 9.17) is 18.9 Å². The number of carbonyl (C=O) groups excluding carboxylic acids is 1. The van der Waals surface area contributed by atoms with Crippen molar-refractivity contribution in [2.45, 2.75) is 13.2 Å². The predicted octanol–water partition coefficient (Wildman–Crippen LogP) is 6.55. The second-order valence-electron chi connectivity index (χ2n) is 8.59. The number of ether oxygens (including phenoxy) is 4. The van der Waals surface area contributed by atoms with Crippen LogP contribution in [0.3, 0.4) is 0 Å². The van der Waals surface area contributed by atoms with Crippen LogP contribution in [0.2, 0.25) is 0 Å². The summed E-state index contributed by atoms with van der Waals surface area (Å²) < 4.78 is 36.0. The van der Waals surface area contributed by atoms with Gasteiger partial charge in [-0.05, 0) is 71.3 Å². The molecule has 0 fully saturated rings. The van der Waals surface area contributed by atoms with Crippen molar-refractivity contribution in [3.8, 4) is 29.1 Å². The maximum Gasteiger partial charge on any atom is 0.266 e. The fourth-order valence-electron chi connectivity index (χ4n) is 3.76. The summed E-state index contributed by atoms with van der Waals surface area (Å²) in [6.45, 7) is 0.664. The zero-order valence-corrected chi connectivity index (χ0v) is 22.0. The number of hydrogen-bond donors (Lipinski definition) is 1. The van der Waals surface area contributed by atoms with Crippen molar-refractivity contribution in [1.82, 2.24) is 0 Å². The van der Waals surface area contributed by atoms with Crippen LogP contribution in [-0.4, -0.2) is 20.1 Å². The summed E-state index contributed by atoms with van der Waals surface area (Å²) in [5, 5.41) is 12.1. The van der Waals surface area contributed by atoms with Gasteiger partial charge in [-0.25, -0.2) is 4.39 Å². The topological polar surface area (TPSA) is 89.8 Å². The number of methoxy groups -OCH3 is 2. The van der Waals surface area contributed by atoms with E-state index in [2.05, 4.69) is 5.32 Å². The number of nitrogens with one attached hydrogen (secondary N) is 1. The predicted molar refractivity (Wildman–Crippen MR) is 150 cm³/mol. The van der Waals surface area contributed by atoms with Gasteiger partial charge in [0.1, 0.15) is 30.7 Å². The first kappa shape index (κ1) is 27.7. The third-order valence-corrected chi connectivity index (χ3v) is 5.83. The van der Waals surface area contributed by atoms with Gasteiger partial charge in [-0.15, -0.1) is 0 Å². The Balaban J connectivity index is 1.42. The van der Waals surface area contributed by atoms with Crippen LogP contribution in [-0.2, 0) is 18.0 Å². The van der Waals surface area contributed by atoms with Gasteiger partial charge in [0.25, 0.3) is 5.91 Å². The molecule has 0 saturated carbocycles. The molecule has 0 bridgehead atoms. The zero-order chi connectivity index (χ0) is 28.3. The van der Waals surface area contributed by atoms with Crippen LogP contribution in [0, 0.1) is 17.1 Å². The van der Waals surface area contributed by atoms with Gasteiger partial charge in [-0.3, -0.25) is 4.79 Å². The van der Waals surface area contributed by atoms with E-state index in [1.54, 1.807) is 25.3 Å². The Morgan fingerprint density at radius 1 is 0.800 bits per heavy atom. The molecule has 7 nitrogen and oxygen atoms in total. The van der Waals surface area contributed by atoms with Gasteiger partial charge >= 0.3 is 0 Å². The first-order valence-electron chi connectivity index (χ1n) is 12.3. The van der Waals surface area contributed by atoms with Crippen LogP contribution in [0.4, 0.5) is 10.1 Å². The molecule has 0 aromatic heterocycles. The lowest BCUT2D eigenvalue weighted by Gasteiger charge is -2.14. The van der Waals surface area contributed by atoms with Crippen LogP contribution in [0.25, 0.3) is 6.08 Å². The minimum Gasteiger partial charge on any atom is -0.493 e. The molecule has 0 aliphatic rings. The maximum absolute atomic E-state index is 13.1. The zero-order valence-electron chi connectivity index (χ0n) is 22.0. The highest BCUT2D eigenvalue weighted by atomic mass is 19.1. The summed E-state index contributed by atoms with van der Waals surface area (Å²) in [5.41, 5.74) is 2.73. The lowest BCUT2D eigenvalue weighted by atomic mass is 10.1. The summed E-state index contributed by atoms with van der Waals surface area (Å²) in [7, 11) is 3.09. The van der Waals surface area contributed by atoms with E-state index in [1.165, 1.54) is 37.5 Å². The van der Waals surface area contributed by atoms with E-state index in [0.717, 1.165) is 11.1 Å². The highest BCUT2D eigenvalue weighted by molar-refractivity contribution is 6.09. The molecule has 4 aromatic carbocycles. The number of amides is 1. The highest BCUT2D eigenvalue weighted by Gasteiger charge is 2.12. The van der Waals surface area contributed by atoms with Crippen molar-refractivity contribution in [2.24, 2.45) is 0 Å². The number of carbonyl (C=O) groups is 1. The van der Waals surface area contributed by atoms with Crippen molar-refractivity contribution < 1.29 is 28.1 Å². The Morgan fingerprint density at radius 2 is 1.43 bits per heavy atom. The van der Waals surface area contributed by atoms with E-state index >= 15 is 0 Å². The number of benzene rings is 4. The van der Waals surface area contributed by atoms with Gasteiger partial charge in [0.05, 0.1) is 14.2 Å². The number of hydrogen-bond acceptors (Lipinski definition) is 6. The normalized spacial score (nSPS) is 10.8. The molecule has 0 aliphatic heterocycles. The molecule has 0 unspecified atom stereocenters. The van der Waals surface area contributed by atoms with Crippen LogP contribution < -0.4 is 24.3 Å². The average Bonchev–Trinajstić information content (AvgIpc) is 2.99. The summed E-state index contributed by atoms with van der Waals surface area (Å²) in [5.74, 6) is 1.09. The molecule has 40 heavy (non-hydrogen) atoms. The molecule has 1 amide bonds. The van der Waals surface area contributed by atoms with Gasteiger partial charge in [0.15, 0.2) is 23.0 Å². The van der Waals surface area contributed by atoms with E-state index in [1.807, 2.05) is 54.6 Å². The molecule has 0 atom stereocenters. The molecule has 0 spiro atoms. The van der Waals surface area contributed by atoms with Gasteiger partial charge < -0.3 is 24.3 Å². The van der Waals surface area contributed by atoms with Crippen molar-refractivity contribution in [3.05, 3.63) is 119 Å². The summed E-state index contributed by atoms with van der Waals surface area (Å²) in [6.07, 6.45) is 1.43. The van der Waals surface area contributed by atoms with Crippen molar-refractivity contribution >= 4 is 17.7 Å².